The van der Waals surface area contributed by atoms with Crippen LogP contribution in [-0.2, 0) is 24.0 Å². The minimum absolute atomic E-state index is 0.0229. The smallest absolute Gasteiger partial charge is 0.325 e. The molecule has 0 radical (unpaired) electrons. The molecule has 2 unspecified atom stereocenters. The number of carboxylic acid groups (broad SMARTS) is 1. The molecule has 24 heavy (non-hydrogen) atoms. The van der Waals surface area contributed by atoms with Gasteiger partial charge in [0.05, 0.1) is 0 Å². The number of hydrogen-bond acceptors (Lipinski definition) is 6. The summed E-state index contributed by atoms with van der Waals surface area (Å²) in [6, 6.07) is 0. The van der Waals surface area contributed by atoms with E-state index in [-0.39, 0.29) is 18.4 Å². The van der Waals surface area contributed by atoms with Crippen LogP contribution in [0, 0.1) is 23.7 Å². The second-order valence-corrected chi connectivity index (χ2v) is 7.86. The lowest BCUT2D eigenvalue weighted by Crippen LogP contribution is -2.69. The molecular formula is C17H25NO6. The van der Waals surface area contributed by atoms with E-state index in [1.165, 1.54) is 0 Å². The van der Waals surface area contributed by atoms with Crippen molar-refractivity contribution in [1.82, 2.24) is 0 Å². The molecule has 4 saturated heterocycles. The van der Waals surface area contributed by atoms with Gasteiger partial charge in [0.2, 0.25) is 12.1 Å². The van der Waals surface area contributed by atoms with E-state index in [2.05, 4.69) is 11.9 Å². The van der Waals surface area contributed by atoms with Gasteiger partial charge >= 0.3 is 5.97 Å². The van der Waals surface area contributed by atoms with Crippen LogP contribution in [0.2, 0.25) is 0 Å². The summed E-state index contributed by atoms with van der Waals surface area (Å²) in [5, 5.41) is 8.93. The Labute approximate surface area is 141 Å². The number of aliphatic carboxylic acids is 1. The fourth-order valence-electron chi connectivity index (χ4n) is 5.10. The molecule has 1 saturated carbocycles. The van der Waals surface area contributed by atoms with Crippen LogP contribution >= 0.6 is 0 Å². The second-order valence-electron chi connectivity index (χ2n) is 7.86. The first-order chi connectivity index (χ1) is 11.4. The Morgan fingerprint density at radius 2 is 2.04 bits per heavy atom. The molecule has 4 heterocycles. The molecule has 4 aliphatic heterocycles. The molecule has 0 aromatic heterocycles. The summed E-state index contributed by atoms with van der Waals surface area (Å²) in [5.74, 6) is -0.401. The highest BCUT2D eigenvalue weighted by Crippen LogP contribution is 2.59. The average molecular weight is 339 g/mol. The van der Waals surface area contributed by atoms with Crippen molar-refractivity contribution in [2.75, 3.05) is 6.54 Å². The molecule has 0 amide bonds. The normalized spacial score (nSPS) is 51.6. The van der Waals surface area contributed by atoms with Crippen LogP contribution in [0.3, 0.4) is 0 Å². The lowest BCUT2D eigenvalue weighted by Gasteiger charge is -2.58. The van der Waals surface area contributed by atoms with E-state index in [4.69, 9.17) is 24.4 Å². The maximum Gasteiger partial charge on any atom is 0.325 e. The molecular weight excluding hydrogens is 314 g/mol. The predicted molar refractivity (Wildman–Crippen MR) is 83.0 cm³/mol. The van der Waals surface area contributed by atoms with Crippen molar-refractivity contribution >= 4 is 11.9 Å². The molecule has 7 heteroatoms. The standard InChI is InChI=1S/C17H25NO6/c1-9-4-5-12-10(2)14(18-8-13(19)20)21-15-17(12)11(9)6-7-16(3,22-15)23-24-17/h9-12,15H,4-8H2,1-3H3,(H,19,20)/b18-14+/t9-,10-,11?,12?,15-,16+,17-/m1/s1. The van der Waals surface area contributed by atoms with E-state index in [0.717, 1.165) is 25.7 Å². The largest absolute Gasteiger partial charge is 0.480 e. The molecule has 1 spiro atoms. The highest BCUT2D eigenvalue weighted by Gasteiger charge is 2.69. The van der Waals surface area contributed by atoms with E-state index >= 15 is 0 Å². The Bertz CT molecular complexity index is 579. The first-order valence-electron chi connectivity index (χ1n) is 8.83. The topological polar surface area (TPSA) is 86.6 Å². The number of nitrogens with zero attached hydrogens (tertiary/aromatic N) is 1. The highest BCUT2D eigenvalue weighted by molar-refractivity contribution is 5.82. The lowest BCUT2D eigenvalue weighted by molar-refractivity contribution is -0.557. The molecule has 1 N–H and O–H groups in total. The molecule has 7 atom stereocenters. The van der Waals surface area contributed by atoms with Gasteiger partial charge in [-0.25, -0.2) is 14.8 Å². The Morgan fingerprint density at radius 3 is 2.79 bits per heavy atom. The fraction of sp³-hybridized carbons (Fsp3) is 0.882. The maximum atomic E-state index is 10.9. The Morgan fingerprint density at radius 1 is 1.25 bits per heavy atom. The molecule has 2 bridgehead atoms. The summed E-state index contributed by atoms with van der Waals surface area (Å²) < 4.78 is 12.2. The van der Waals surface area contributed by atoms with E-state index in [9.17, 15) is 4.79 Å². The lowest BCUT2D eigenvalue weighted by atomic mass is 9.58. The van der Waals surface area contributed by atoms with Crippen LogP contribution in [0.5, 0.6) is 0 Å². The van der Waals surface area contributed by atoms with Crippen LogP contribution in [-0.4, -0.2) is 41.2 Å². The Kier molecular flexibility index (Phi) is 3.67. The second kappa shape index (κ2) is 5.41. The van der Waals surface area contributed by atoms with Crippen molar-refractivity contribution < 1.29 is 29.1 Å². The first-order valence-corrected chi connectivity index (χ1v) is 8.83. The van der Waals surface area contributed by atoms with Crippen LogP contribution in [0.4, 0.5) is 0 Å². The minimum atomic E-state index is -0.969. The quantitative estimate of drug-likeness (QED) is 0.777. The third-order valence-corrected chi connectivity index (χ3v) is 6.37. The van der Waals surface area contributed by atoms with Crippen LogP contribution in [0.25, 0.3) is 0 Å². The van der Waals surface area contributed by atoms with Crippen molar-refractivity contribution in [3.63, 3.8) is 0 Å². The average Bonchev–Trinajstić information content (AvgIpc) is 2.76. The number of carbonyl (C=O) groups is 1. The molecule has 5 aliphatic rings. The summed E-state index contributed by atoms with van der Waals surface area (Å²) in [5.41, 5.74) is -0.630. The number of carboxylic acids is 1. The molecule has 134 valence electrons. The van der Waals surface area contributed by atoms with Gasteiger partial charge in [-0.3, -0.25) is 4.79 Å². The summed E-state index contributed by atoms with van der Waals surface area (Å²) >= 11 is 0. The van der Waals surface area contributed by atoms with Gasteiger partial charge in [-0.2, -0.15) is 0 Å². The zero-order valence-corrected chi connectivity index (χ0v) is 14.4. The SMILES string of the molecule is C[C@@H]1CCC2[C@@H](C)/C(=N\CC(=O)O)O[C@@H]3O[C@]4(C)CCC1[C@@]23OO4. The summed E-state index contributed by atoms with van der Waals surface area (Å²) in [7, 11) is 0. The molecule has 0 aromatic rings. The molecule has 7 nitrogen and oxygen atoms in total. The van der Waals surface area contributed by atoms with Crippen LogP contribution < -0.4 is 0 Å². The van der Waals surface area contributed by atoms with Gasteiger partial charge < -0.3 is 14.6 Å². The fourth-order valence-corrected chi connectivity index (χ4v) is 5.10. The van der Waals surface area contributed by atoms with Gasteiger partial charge in [0, 0.05) is 24.2 Å². The summed E-state index contributed by atoms with van der Waals surface area (Å²) in [4.78, 5) is 26.8. The van der Waals surface area contributed by atoms with Gasteiger partial charge in [-0.15, -0.1) is 0 Å². The van der Waals surface area contributed by atoms with E-state index in [1.54, 1.807) is 0 Å². The van der Waals surface area contributed by atoms with Crippen molar-refractivity contribution in [3.05, 3.63) is 0 Å². The third kappa shape index (κ3) is 2.21. The third-order valence-electron chi connectivity index (χ3n) is 6.37. The first kappa shape index (κ1) is 16.3. The van der Waals surface area contributed by atoms with E-state index < -0.39 is 23.6 Å². The number of ether oxygens (including phenoxy) is 2. The van der Waals surface area contributed by atoms with Crippen LogP contribution in [0.15, 0.2) is 4.99 Å². The van der Waals surface area contributed by atoms with Gasteiger partial charge in [-0.05, 0) is 32.1 Å². The molecule has 1 aliphatic carbocycles. The zero-order valence-electron chi connectivity index (χ0n) is 14.4. The van der Waals surface area contributed by atoms with Gasteiger partial charge in [0.15, 0.2) is 11.5 Å². The highest BCUT2D eigenvalue weighted by atomic mass is 17.3. The predicted octanol–water partition coefficient (Wildman–Crippen LogP) is 2.35. The Hall–Kier alpha value is -1.18. The van der Waals surface area contributed by atoms with E-state index in [1.807, 2.05) is 13.8 Å². The number of fused-ring (bicyclic) bond motifs is 2. The molecule has 0 aromatic carbocycles. The van der Waals surface area contributed by atoms with Crippen molar-refractivity contribution in [2.45, 2.75) is 64.1 Å². The van der Waals surface area contributed by atoms with Crippen molar-refractivity contribution in [2.24, 2.45) is 28.7 Å². The van der Waals surface area contributed by atoms with Gasteiger partial charge in [0.25, 0.3) is 0 Å². The molecule has 5 rings (SSSR count). The zero-order chi connectivity index (χ0) is 17.1. The number of aliphatic imine (C=N–C) groups is 1. The monoisotopic (exact) mass is 339 g/mol. The van der Waals surface area contributed by atoms with Crippen LogP contribution in [0.1, 0.15) is 46.5 Å². The number of hydrogen-bond donors (Lipinski definition) is 1. The van der Waals surface area contributed by atoms with E-state index in [0.29, 0.717) is 17.7 Å². The maximum absolute atomic E-state index is 10.9. The number of rotatable bonds is 2. The van der Waals surface area contributed by atoms with Gasteiger partial charge in [0.1, 0.15) is 6.54 Å². The summed E-state index contributed by atoms with van der Waals surface area (Å²) in [6.07, 6.45) is 3.21. The molecule has 5 fully saturated rings. The van der Waals surface area contributed by atoms with Crippen molar-refractivity contribution in [3.8, 4) is 0 Å². The Balaban J connectivity index is 1.75. The minimum Gasteiger partial charge on any atom is -0.480 e. The van der Waals surface area contributed by atoms with Gasteiger partial charge in [-0.1, -0.05) is 13.8 Å². The van der Waals surface area contributed by atoms with Crippen molar-refractivity contribution in [1.29, 1.82) is 0 Å². The summed E-state index contributed by atoms with van der Waals surface area (Å²) in [6.45, 7) is 5.87.